The van der Waals surface area contributed by atoms with Crippen LogP contribution in [0.3, 0.4) is 0 Å². The lowest BCUT2D eigenvalue weighted by Gasteiger charge is -2.10. The van der Waals surface area contributed by atoms with Gasteiger partial charge in [0.2, 0.25) is 0 Å². The van der Waals surface area contributed by atoms with Crippen molar-refractivity contribution in [3.8, 4) is 0 Å². The van der Waals surface area contributed by atoms with Crippen LogP contribution in [-0.4, -0.2) is 17.8 Å². The molecule has 4 heteroatoms. The molecule has 14 heavy (non-hydrogen) atoms. The van der Waals surface area contributed by atoms with Crippen molar-refractivity contribution in [2.75, 3.05) is 11.9 Å². The molecule has 0 aliphatic heterocycles. The first-order chi connectivity index (χ1) is 6.63. The molecule has 2 nitrogen and oxygen atoms in total. The van der Waals surface area contributed by atoms with Gasteiger partial charge in [-0.25, -0.2) is 4.39 Å². The van der Waals surface area contributed by atoms with Crippen molar-refractivity contribution in [1.29, 1.82) is 0 Å². The third kappa shape index (κ3) is 3.16. The summed E-state index contributed by atoms with van der Waals surface area (Å²) >= 11 is 5.52. The van der Waals surface area contributed by atoms with Crippen LogP contribution in [0.2, 0.25) is 5.02 Å². The molecule has 1 aromatic rings. The van der Waals surface area contributed by atoms with Crippen molar-refractivity contribution in [3.63, 3.8) is 0 Å². The van der Waals surface area contributed by atoms with Crippen molar-refractivity contribution in [1.82, 2.24) is 0 Å². The van der Waals surface area contributed by atoms with Gasteiger partial charge in [0.15, 0.2) is 0 Å². The van der Waals surface area contributed by atoms with Gasteiger partial charge in [0.05, 0.1) is 11.1 Å². The van der Waals surface area contributed by atoms with E-state index >= 15 is 0 Å². The molecule has 0 saturated carbocycles. The van der Waals surface area contributed by atoms with E-state index in [1.165, 1.54) is 12.1 Å². The average Bonchev–Trinajstić information content (AvgIpc) is 2.19. The van der Waals surface area contributed by atoms with Gasteiger partial charge in [-0.05, 0) is 24.6 Å². The van der Waals surface area contributed by atoms with Gasteiger partial charge in [-0.1, -0.05) is 18.5 Å². The molecule has 0 fully saturated rings. The molecule has 0 spiro atoms. The Morgan fingerprint density at radius 2 is 2.29 bits per heavy atom. The number of anilines is 1. The largest absolute Gasteiger partial charge is 0.391 e. The molecule has 1 atom stereocenters. The summed E-state index contributed by atoms with van der Waals surface area (Å²) in [6.45, 7) is 2.30. The highest BCUT2D eigenvalue weighted by molar-refractivity contribution is 6.30. The molecule has 0 bridgehead atoms. The Kier molecular flexibility index (Phi) is 4.17. The number of aliphatic hydroxyl groups is 1. The monoisotopic (exact) mass is 217 g/mol. The second kappa shape index (κ2) is 5.17. The predicted molar refractivity (Wildman–Crippen MR) is 56.2 cm³/mol. The van der Waals surface area contributed by atoms with Gasteiger partial charge in [0.25, 0.3) is 0 Å². The molecule has 1 rings (SSSR count). The number of nitrogens with one attached hydrogen (secondary N) is 1. The zero-order valence-corrected chi connectivity index (χ0v) is 8.68. The van der Waals surface area contributed by atoms with Crippen LogP contribution in [0.5, 0.6) is 0 Å². The Hall–Kier alpha value is -0.800. The summed E-state index contributed by atoms with van der Waals surface area (Å²) in [6.07, 6.45) is 0.261. The molecule has 0 aromatic heterocycles. The van der Waals surface area contributed by atoms with Crippen LogP contribution in [0.4, 0.5) is 10.1 Å². The topological polar surface area (TPSA) is 32.3 Å². The highest BCUT2D eigenvalue weighted by atomic mass is 35.5. The van der Waals surface area contributed by atoms with Crippen LogP contribution in [0.15, 0.2) is 18.2 Å². The normalized spacial score (nSPS) is 12.6. The maximum Gasteiger partial charge on any atom is 0.143 e. The molecule has 0 aliphatic carbocycles. The smallest absolute Gasteiger partial charge is 0.143 e. The average molecular weight is 218 g/mol. The van der Waals surface area contributed by atoms with Gasteiger partial charge < -0.3 is 10.4 Å². The summed E-state index contributed by atoms with van der Waals surface area (Å²) in [5.41, 5.74) is 0.624. The van der Waals surface area contributed by atoms with Crippen molar-refractivity contribution < 1.29 is 9.50 Å². The van der Waals surface area contributed by atoms with Crippen LogP contribution in [0.1, 0.15) is 13.3 Å². The molecular formula is C10H13ClFNO. The van der Waals surface area contributed by atoms with Crippen molar-refractivity contribution in [2.45, 2.75) is 19.4 Å². The molecule has 1 unspecified atom stereocenters. The lowest BCUT2D eigenvalue weighted by molar-refractivity contribution is 0.183. The van der Waals surface area contributed by atoms with E-state index in [1.54, 1.807) is 6.07 Å². The molecular weight excluding hydrogens is 205 g/mol. The SMILES string of the molecule is CCC(O)CNc1ccc(Cl)c(F)c1. The quantitative estimate of drug-likeness (QED) is 0.813. The van der Waals surface area contributed by atoms with Crippen molar-refractivity contribution in [2.24, 2.45) is 0 Å². The number of halogens is 2. The second-order valence-electron chi connectivity index (χ2n) is 3.07. The summed E-state index contributed by atoms with van der Waals surface area (Å²) in [4.78, 5) is 0. The number of benzene rings is 1. The predicted octanol–water partition coefficient (Wildman–Crippen LogP) is 2.66. The van der Waals surface area contributed by atoms with Crippen LogP contribution >= 0.6 is 11.6 Å². The van der Waals surface area contributed by atoms with Gasteiger partial charge in [-0.15, -0.1) is 0 Å². The lowest BCUT2D eigenvalue weighted by atomic mass is 10.2. The van der Waals surface area contributed by atoms with Gasteiger partial charge >= 0.3 is 0 Å². The van der Waals surface area contributed by atoms with Crippen LogP contribution in [0, 0.1) is 5.82 Å². The fourth-order valence-electron chi connectivity index (χ4n) is 0.986. The molecule has 0 heterocycles. The van der Waals surface area contributed by atoms with E-state index in [0.29, 0.717) is 18.7 Å². The fourth-order valence-corrected chi connectivity index (χ4v) is 1.10. The minimum absolute atomic E-state index is 0.103. The van der Waals surface area contributed by atoms with Crippen LogP contribution in [-0.2, 0) is 0 Å². The second-order valence-corrected chi connectivity index (χ2v) is 3.48. The minimum Gasteiger partial charge on any atom is -0.391 e. The first-order valence-electron chi connectivity index (χ1n) is 4.50. The number of rotatable bonds is 4. The molecule has 0 aliphatic rings. The third-order valence-corrected chi connectivity index (χ3v) is 2.24. The fraction of sp³-hybridized carbons (Fsp3) is 0.400. The van der Waals surface area contributed by atoms with Crippen LogP contribution < -0.4 is 5.32 Å². The van der Waals surface area contributed by atoms with E-state index in [4.69, 9.17) is 11.6 Å². The van der Waals surface area contributed by atoms with E-state index in [9.17, 15) is 9.50 Å². The Balaban J connectivity index is 2.55. The summed E-state index contributed by atoms with van der Waals surface area (Å²) in [5.74, 6) is -0.456. The molecule has 78 valence electrons. The van der Waals surface area contributed by atoms with Crippen LogP contribution in [0.25, 0.3) is 0 Å². The zero-order chi connectivity index (χ0) is 10.6. The Morgan fingerprint density at radius 1 is 1.57 bits per heavy atom. The summed E-state index contributed by atoms with van der Waals surface area (Å²) in [6, 6.07) is 4.47. The highest BCUT2D eigenvalue weighted by Crippen LogP contribution is 2.18. The highest BCUT2D eigenvalue weighted by Gasteiger charge is 2.03. The molecule has 0 saturated heterocycles. The molecule has 0 radical (unpaired) electrons. The first kappa shape index (κ1) is 11.3. The maximum absolute atomic E-state index is 13.0. The van der Waals surface area contributed by atoms with Crippen molar-refractivity contribution in [3.05, 3.63) is 29.0 Å². The summed E-state index contributed by atoms with van der Waals surface area (Å²) in [7, 11) is 0. The van der Waals surface area contributed by atoms with Crippen molar-refractivity contribution >= 4 is 17.3 Å². The zero-order valence-electron chi connectivity index (χ0n) is 7.93. The maximum atomic E-state index is 13.0. The minimum atomic E-state index is -0.456. The molecule has 2 N–H and O–H groups in total. The summed E-state index contributed by atoms with van der Waals surface area (Å²) in [5, 5.41) is 12.3. The number of hydrogen-bond donors (Lipinski definition) is 2. The van der Waals surface area contributed by atoms with Gasteiger partial charge in [0.1, 0.15) is 5.82 Å². The van der Waals surface area contributed by atoms with Gasteiger partial charge in [-0.2, -0.15) is 0 Å². The standard InChI is InChI=1S/C10H13ClFNO/c1-2-8(14)6-13-7-3-4-9(11)10(12)5-7/h3-5,8,13-14H,2,6H2,1H3. The Labute approximate surface area is 87.7 Å². The molecule has 0 amide bonds. The lowest BCUT2D eigenvalue weighted by Crippen LogP contribution is -2.18. The first-order valence-corrected chi connectivity index (χ1v) is 4.88. The summed E-state index contributed by atoms with van der Waals surface area (Å²) < 4.78 is 13.0. The molecule has 1 aromatic carbocycles. The van der Waals surface area contributed by atoms with E-state index in [1.807, 2.05) is 6.92 Å². The Morgan fingerprint density at radius 3 is 2.86 bits per heavy atom. The number of aliphatic hydroxyl groups excluding tert-OH is 1. The van der Waals surface area contributed by atoms with E-state index < -0.39 is 11.9 Å². The Bertz CT molecular complexity index is 306. The number of hydrogen-bond acceptors (Lipinski definition) is 2. The van der Waals surface area contributed by atoms with Gasteiger partial charge in [0, 0.05) is 12.2 Å². The van der Waals surface area contributed by atoms with E-state index in [2.05, 4.69) is 5.32 Å². The van der Waals surface area contributed by atoms with E-state index in [-0.39, 0.29) is 5.02 Å². The third-order valence-electron chi connectivity index (χ3n) is 1.93. The van der Waals surface area contributed by atoms with Gasteiger partial charge in [-0.3, -0.25) is 0 Å². The van der Waals surface area contributed by atoms with E-state index in [0.717, 1.165) is 0 Å².